The van der Waals surface area contributed by atoms with Crippen molar-refractivity contribution in [2.45, 2.75) is 18.3 Å². The molecule has 1 aliphatic rings. The van der Waals surface area contributed by atoms with E-state index < -0.39 is 11.3 Å². The molecule has 5 nitrogen and oxygen atoms in total. The number of hydrogen-bond acceptors (Lipinski definition) is 5. The number of carbonyl (C=O) groups excluding carboxylic acids is 2. The summed E-state index contributed by atoms with van der Waals surface area (Å²) in [5.41, 5.74) is 11.4. The molecule has 0 saturated carbocycles. The van der Waals surface area contributed by atoms with Crippen molar-refractivity contribution in [2.24, 2.45) is 5.73 Å². The van der Waals surface area contributed by atoms with Gasteiger partial charge >= 0.3 is 0 Å². The van der Waals surface area contributed by atoms with Crippen LogP contribution >= 0.6 is 11.3 Å². The molecule has 1 aliphatic carbocycles. The Labute approximate surface area is 131 Å². The Bertz CT molecular complexity index is 820. The molecule has 22 heavy (non-hydrogen) atoms. The lowest BCUT2D eigenvalue weighted by Crippen LogP contribution is -2.38. The summed E-state index contributed by atoms with van der Waals surface area (Å²) in [5, 5.41) is 9.93. The summed E-state index contributed by atoms with van der Waals surface area (Å²) >= 11 is 1.04. The molecular formula is C16H13N3O2S. The molecule has 2 aromatic rings. The normalized spacial score (nSPS) is 20.2. The van der Waals surface area contributed by atoms with Gasteiger partial charge < -0.3 is 11.5 Å². The van der Waals surface area contributed by atoms with Crippen LogP contribution in [0.4, 0.5) is 5.00 Å². The Hall–Kier alpha value is -2.65. The zero-order chi connectivity index (χ0) is 15.9. The number of nitrogens with zero attached hydrogens (tertiary/aromatic N) is 1. The molecule has 0 fully saturated rings. The van der Waals surface area contributed by atoms with Crippen molar-refractivity contribution in [3.8, 4) is 6.07 Å². The van der Waals surface area contributed by atoms with Crippen LogP contribution in [0.3, 0.4) is 0 Å². The van der Waals surface area contributed by atoms with Crippen LogP contribution in [0, 0.1) is 11.3 Å². The van der Waals surface area contributed by atoms with Gasteiger partial charge in [0.1, 0.15) is 5.41 Å². The molecule has 1 atom stereocenters. The molecule has 6 heteroatoms. The monoisotopic (exact) mass is 311 g/mol. The standard InChI is InChI=1S/C16H13N3O2S/c17-8-16(9-4-2-1-3-5-9)7-6-10-11(14(18)21)15(19)22-12(10)13(16)20/h1-5H,6-7,19H2,(H2,18,21)/t16-/m0/s1. The Morgan fingerprint density at radius 2 is 2.00 bits per heavy atom. The number of anilines is 1. The summed E-state index contributed by atoms with van der Waals surface area (Å²) in [6.45, 7) is 0. The van der Waals surface area contributed by atoms with Crippen LogP contribution in [-0.2, 0) is 11.8 Å². The van der Waals surface area contributed by atoms with Crippen molar-refractivity contribution in [3.63, 3.8) is 0 Å². The Balaban J connectivity index is 2.18. The van der Waals surface area contributed by atoms with Crippen molar-refractivity contribution in [2.75, 3.05) is 5.73 Å². The van der Waals surface area contributed by atoms with Crippen molar-refractivity contribution < 1.29 is 9.59 Å². The van der Waals surface area contributed by atoms with Crippen LogP contribution in [0.5, 0.6) is 0 Å². The number of nitrogens with two attached hydrogens (primary N) is 2. The maximum absolute atomic E-state index is 12.9. The van der Waals surface area contributed by atoms with E-state index in [0.29, 0.717) is 28.8 Å². The first kappa shape index (κ1) is 14.3. The molecule has 3 rings (SSSR count). The number of ketones is 1. The highest BCUT2D eigenvalue weighted by Crippen LogP contribution is 2.44. The number of nitrogen functional groups attached to an aromatic ring is 1. The average molecular weight is 311 g/mol. The summed E-state index contributed by atoms with van der Waals surface area (Å²) in [6, 6.07) is 11.2. The van der Waals surface area contributed by atoms with Gasteiger partial charge in [0.15, 0.2) is 5.78 Å². The zero-order valence-electron chi connectivity index (χ0n) is 11.6. The van der Waals surface area contributed by atoms with Gasteiger partial charge in [0.25, 0.3) is 5.91 Å². The van der Waals surface area contributed by atoms with E-state index in [1.165, 1.54) is 0 Å². The van der Waals surface area contributed by atoms with Crippen molar-refractivity contribution >= 4 is 28.0 Å². The topological polar surface area (TPSA) is 110 Å². The molecule has 110 valence electrons. The molecule has 0 aliphatic heterocycles. The highest BCUT2D eigenvalue weighted by molar-refractivity contribution is 7.18. The van der Waals surface area contributed by atoms with Crippen LogP contribution in [0.2, 0.25) is 0 Å². The molecule has 1 aromatic carbocycles. The first-order chi connectivity index (χ1) is 10.5. The fraction of sp³-hybridized carbons (Fsp3) is 0.188. The third-order valence-corrected chi connectivity index (χ3v) is 5.14. The minimum absolute atomic E-state index is 0.230. The number of nitriles is 1. The Morgan fingerprint density at radius 3 is 2.59 bits per heavy atom. The van der Waals surface area contributed by atoms with E-state index in [0.717, 1.165) is 11.3 Å². The number of amides is 1. The zero-order valence-corrected chi connectivity index (χ0v) is 12.4. The van der Waals surface area contributed by atoms with Crippen LogP contribution in [0.25, 0.3) is 0 Å². The lowest BCUT2D eigenvalue weighted by molar-refractivity contribution is 0.0909. The molecule has 1 aromatic heterocycles. The van der Waals surface area contributed by atoms with Crippen LogP contribution in [0.1, 0.15) is 37.6 Å². The second-order valence-electron chi connectivity index (χ2n) is 5.23. The number of primary amides is 1. The number of thiophene rings is 1. The Morgan fingerprint density at radius 1 is 1.32 bits per heavy atom. The minimum Gasteiger partial charge on any atom is -0.390 e. The highest BCUT2D eigenvalue weighted by Gasteiger charge is 2.46. The number of fused-ring (bicyclic) bond motifs is 1. The van der Waals surface area contributed by atoms with Gasteiger partial charge in [0.2, 0.25) is 0 Å². The molecule has 1 heterocycles. The summed E-state index contributed by atoms with van der Waals surface area (Å²) < 4.78 is 0. The van der Waals surface area contributed by atoms with Crippen LogP contribution in [-0.4, -0.2) is 11.7 Å². The first-order valence-electron chi connectivity index (χ1n) is 6.74. The fourth-order valence-corrected chi connectivity index (χ4v) is 4.11. The van der Waals surface area contributed by atoms with E-state index in [4.69, 9.17) is 11.5 Å². The van der Waals surface area contributed by atoms with Gasteiger partial charge in [-0.25, -0.2) is 0 Å². The van der Waals surface area contributed by atoms with Gasteiger partial charge in [-0.05, 0) is 24.0 Å². The lowest BCUT2D eigenvalue weighted by atomic mass is 9.69. The molecule has 0 radical (unpaired) electrons. The molecule has 4 N–H and O–H groups in total. The fourth-order valence-electron chi connectivity index (χ4n) is 2.97. The number of rotatable bonds is 2. The summed E-state index contributed by atoms with van der Waals surface area (Å²) in [4.78, 5) is 24.9. The second kappa shape index (κ2) is 4.97. The van der Waals surface area contributed by atoms with Crippen molar-refractivity contribution in [3.05, 3.63) is 51.9 Å². The molecule has 1 amide bonds. The van der Waals surface area contributed by atoms with Gasteiger partial charge in [-0.15, -0.1) is 11.3 Å². The van der Waals surface area contributed by atoms with Gasteiger partial charge in [-0.3, -0.25) is 9.59 Å². The van der Waals surface area contributed by atoms with Gasteiger partial charge in [-0.2, -0.15) is 5.26 Å². The van der Waals surface area contributed by atoms with E-state index in [1.54, 1.807) is 24.3 Å². The maximum Gasteiger partial charge on any atom is 0.251 e. The predicted molar refractivity (Wildman–Crippen MR) is 83.6 cm³/mol. The highest BCUT2D eigenvalue weighted by atomic mass is 32.1. The van der Waals surface area contributed by atoms with Crippen molar-refractivity contribution in [1.82, 2.24) is 0 Å². The maximum atomic E-state index is 12.9. The Kier molecular flexibility index (Phi) is 3.23. The molecule has 0 saturated heterocycles. The minimum atomic E-state index is -1.22. The SMILES string of the molecule is N#C[C@]1(c2ccccc2)CCc2c(sc(N)c2C(N)=O)C1=O. The molecular weight excluding hydrogens is 298 g/mol. The number of carbonyl (C=O) groups is 2. The number of hydrogen-bond donors (Lipinski definition) is 2. The smallest absolute Gasteiger partial charge is 0.251 e. The van der Waals surface area contributed by atoms with Gasteiger partial charge in [0.05, 0.1) is 21.5 Å². The van der Waals surface area contributed by atoms with Crippen molar-refractivity contribution in [1.29, 1.82) is 5.26 Å². The number of Topliss-reactive ketones (excluding diaryl/α,β-unsaturated/α-hetero) is 1. The summed E-state index contributed by atoms with van der Waals surface area (Å²) in [7, 11) is 0. The van der Waals surface area contributed by atoms with Gasteiger partial charge in [0, 0.05) is 0 Å². The predicted octanol–water partition coefficient (Wildman–Crippen LogP) is 2.02. The van der Waals surface area contributed by atoms with Crippen LogP contribution < -0.4 is 11.5 Å². The van der Waals surface area contributed by atoms with E-state index in [1.807, 2.05) is 6.07 Å². The van der Waals surface area contributed by atoms with E-state index in [9.17, 15) is 14.9 Å². The second-order valence-corrected chi connectivity index (χ2v) is 6.28. The molecule has 0 bridgehead atoms. The largest absolute Gasteiger partial charge is 0.390 e. The third kappa shape index (κ3) is 1.83. The molecule has 0 spiro atoms. The van der Waals surface area contributed by atoms with E-state index in [2.05, 4.69) is 6.07 Å². The van der Waals surface area contributed by atoms with E-state index >= 15 is 0 Å². The average Bonchev–Trinajstić information content (AvgIpc) is 2.86. The lowest BCUT2D eigenvalue weighted by Gasteiger charge is -2.29. The summed E-state index contributed by atoms with van der Waals surface area (Å²) in [6.07, 6.45) is 0.741. The van der Waals surface area contributed by atoms with Crippen LogP contribution in [0.15, 0.2) is 30.3 Å². The molecule has 0 unspecified atom stereocenters. The first-order valence-corrected chi connectivity index (χ1v) is 7.55. The number of benzene rings is 1. The van der Waals surface area contributed by atoms with Gasteiger partial charge in [-0.1, -0.05) is 30.3 Å². The quantitative estimate of drug-likeness (QED) is 0.884. The summed E-state index contributed by atoms with van der Waals surface area (Å²) in [5.74, 6) is -0.932. The third-order valence-electron chi connectivity index (χ3n) is 4.08. The van der Waals surface area contributed by atoms with E-state index in [-0.39, 0.29) is 16.3 Å².